The molecule has 2 heterocycles. The van der Waals surface area contributed by atoms with Crippen molar-refractivity contribution in [1.82, 2.24) is 29.3 Å². The van der Waals surface area contributed by atoms with Crippen LogP contribution >= 0.6 is 0 Å². The molecule has 148 valence electrons. The summed E-state index contributed by atoms with van der Waals surface area (Å²) in [5, 5.41) is 8.02. The van der Waals surface area contributed by atoms with E-state index >= 15 is 0 Å². The van der Waals surface area contributed by atoms with Crippen molar-refractivity contribution in [1.29, 1.82) is 0 Å². The fourth-order valence-electron chi connectivity index (χ4n) is 2.34. The molecule has 1 aromatic carbocycles. The van der Waals surface area contributed by atoms with Gasteiger partial charge in [-0.1, -0.05) is 0 Å². The number of sulfonamides is 1. The highest BCUT2D eigenvalue weighted by atomic mass is 32.2. The third-order valence-electron chi connectivity index (χ3n) is 3.64. The van der Waals surface area contributed by atoms with Crippen LogP contribution in [-0.2, 0) is 16.6 Å². The molecule has 0 saturated carbocycles. The number of ether oxygens (including phenoxy) is 1. The second kappa shape index (κ2) is 8.27. The molecule has 10 nitrogen and oxygen atoms in total. The number of rotatable bonds is 8. The number of aromatic nitrogens is 5. The van der Waals surface area contributed by atoms with Gasteiger partial charge in [-0.05, 0) is 31.2 Å². The highest BCUT2D eigenvalue weighted by Crippen LogP contribution is 2.20. The largest absolute Gasteiger partial charge is 0.491 e. The highest BCUT2D eigenvalue weighted by Gasteiger charge is 2.16. The fourth-order valence-corrected chi connectivity index (χ4v) is 3.37. The van der Waals surface area contributed by atoms with Gasteiger partial charge in [0.25, 0.3) is 5.56 Å². The molecule has 0 bridgehead atoms. The summed E-state index contributed by atoms with van der Waals surface area (Å²) < 4.78 is 48.4. The van der Waals surface area contributed by atoms with E-state index in [9.17, 15) is 17.6 Å². The minimum absolute atomic E-state index is 0.0258. The Bertz CT molecular complexity index is 1110. The van der Waals surface area contributed by atoms with Crippen molar-refractivity contribution in [2.24, 2.45) is 0 Å². The normalized spacial score (nSPS) is 11.5. The van der Waals surface area contributed by atoms with Crippen LogP contribution in [-0.4, -0.2) is 46.1 Å². The predicted molar refractivity (Wildman–Crippen MR) is 96.2 cm³/mol. The van der Waals surface area contributed by atoms with Crippen molar-refractivity contribution in [3.8, 4) is 11.6 Å². The van der Waals surface area contributed by atoms with Gasteiger partial charge >= 0.3 is 0 Å². The van der Waals surface area contributed by atoms with Gasteiger partial charge in [0, 0.05) is 12.6 Å². The molecule has 28 heavy (non-hydrogen) atoms. The average molecular weight is 408 g/mol. The molecule has 2 aromatic heterocycles. The van der Waals surface area contributed by atoms with Gasteiger partial charge in [0.2, 0.25) is 10.0 Å². The summed E-state index contributed by atoms with van der Waals surface area (Å²) in [7, 11) is -3.97. The Morgan fingerprint density at radius 2 is 2.07 bits per heavy atom. The van der Waals surface area contributed by atoms with Crippen LogP contribution in [0, 0.1) is 5.82 Å². The Morgan fingerprint density at radius 1 is 1.25 bits per heavy atom. The first-order chi connectivity index (χ1) is 13.4. The molecule has 0 aliphatic rings. The van der Waals surface area contributed by atoms with Crippen molar-refractivity contribution in [2.45, 2.75) is 18.4 Å². The molecule has 0 amide bonds. The quantitative estimate of drug-likeness (QED) is 0.570. The van der Waals surface area contributed by atoms with Crippen LogP contribution in [0.3, 0.4) is 0 Å². The second-order valence-corrected chi connectivity index (χ2v) is 7.28. The predicted octanol–water partition coefficient (Wildman–Crippen LogP) is 0.340. The SMILES string of the molecule is CCOc1ccc(S(=O)(=O)NCCn2nc(-n3cncn3)ccc2=O)cc1F. The van der Waals surface area contributed by atoms with Crippen molar-refractivity contribution in [3.63, 3.8) is 0 Å². The Labute approximate surface area is 159 Å². The molecule has 3 aromatic rings. The van der Waals surface area contributed by atoms with E-state index in [-0.39, 0.29) is 30.3 Å². The van der Waals surface area contributed by atoms with Crippen LogP contribution in [0.1, 0.15) is 6.92 Å². The van der Waals surface area contributed by atoms with E-state index in [0.29, 0.717) is 5.82 Å². The zero-order chi connectivity index (χ0) is 20.1. The molecule has 0 aliphatic carbocycles. The number of nitrogens with one attached hydrogen (secondary N) is 1. The van der Waals surface area contributed by atoms with Crippen LogP contribution < -0.4 is 15.0 Å². The number of benzene rings is 1. The van der Waals surface area contributed by atoms with Crippen molar-refractivity contribution in [2.75, 3.05) is 13.2 Å². The van der Waals surface area contributed by atoms with E-state index in [1.807, 2.05) is 0 Å². The number of hydrogen-bond donors (Lipinski definition) is 1. The summed E-state index contributed by atoms with van der Waals surface area (Å²) in [5.41, 5.74) is -0.407. The maximum atomic E-state index is 13.9. The lowest BCUT2D eigenvalue weighted by Crippen LogP contribution is -2.32. The summed E-state index contributed by atoms with van der Waals surface area (Å²) in [4.78, 5) is 15.5. The van der Waals surface area contributed by atoms with Gasteiger partial charge in [-0.3, -0.25) is 4.79 Å². The van der Waals surface area contributed by atoms with E-state index in [1.54, 1.807) is 6.92 Å². The molecular formula is C16H17FN6O4S. The van der Waals surface area contributed by atoms with E-state index in [4.69, 9.17) is 4.74 Å². The average Bonchev–Trinajstić information content (AvgIpc) is 3.19. The van der Waals surface area contributed by atoms with Crippen LogP contribution in [0.2, 0.25) is 0 Å². The summed E-state index contributed by atoms with van der Waals surface area (Å²) in [6.07, 6.45) is 2.74. The Hall–Kier alpha value is -3.12. The number of hydrogen-bond acceptors (Lipinski definition) is 7. The third-order valence-corrected chi connectivity index (χ3v) is 5.09. The molecule has 0 aliphatic heterocycles. The molecule has 0 saturated heterocycles. The summed E-state index contributed by atoms with van der Waals surface area (Å²) in [5.74, 6) is -0.446. The molecule has 12 heteroatoms. The molecular weight excluding hydrogens is 391 g/mol. The van der Waals surface area contributed by atoms with E-state index in [0.717, 1.165) is 10.7 Å². The standard InChI is InChI=1S/C16H17FN6O4S/c1-2-27-14-4-3-12(9-13(14)17)28(25,26)20-7-8-22-16(24)6-5-15(21-22)23-11-18-10-19-23/h3-6,9-11,20H,2,7-8H2,1H3. The minimum atomic E-state index is -3.97. The molecule has 0 unspecified atom stereocenters. The Morgan fingerprint density at radius 3 is 2.75 bits per heavy atom. The van der Waals surface area contributed by atoms with Crippen LogP contribution in [0.15, 0.2) is 52.7 Å². The van der Waals surface area contributed by atoms with Gasteiger partial charge in [0.1, 0.15) is 12.7 Å². The van der Waals surface area contributed by atoms with Gasteiger partial charge in [-0.25, -0.2) is 31.9 Å². The molecule has 0 spiro atoms. The van der Waals surface area contributed by atoms with Crippen LogP contribution in [0.25, 0.3) is 5.82 Å². The van der Waals surface area contributed by atoms with Crippen molar-refractivity contribution in [3.05, 3.63) is 59.2 Å². The maximum Gasteiger partial charge on any atom is 0.266 e. The van der Waals surface area contributed by atoms with Crippen molar-refractivity contribution < 1.29 is 17.5 Å². The minimum Gasteiger partial charge on any atom is -0.491 e. The highest BCUT2D eigenvalue weighted by molar-refractivity contribution is 7.89. The lowest BCUT2D eigenvalue weighted by molar-refractivity contribution is 0.321. The Kier molecular flexibility index (Phi) is 5.80. The first-order valence-corrected chi connectivity index (χ1v) is 9.74. The van der Waals surface area contributed by atoms with Gasteiger partial charge in [0.05, 0.1) is 18.0 Å². The van der Waals surface area contributed by atoms with Crippen LogP contribution in [0.4, 0.5) is 4.39 Å². The second-order valence-electron chi connectivity index (χ2n) is 5.52. The summed E-state index contributed by atoms with van der Waals surface area (Å²) >= 11 is 0. The van der Waals surface area contributed by atoms with Gasteiger partial charge in [0.15, 0.2) is 17.4 Å². The van der Waals surface area contributed by atoms with E-state index in [2.05, 4.69) is 19.9 Å². The molecule has 1 N–H and O–H groups in total. The van der Waals surface area contributed by atoms with E-state index in [1.165, 1.54) is 41.6 Å². The topological polar surface area (TPSA) is 121 Å². The Balaban J connectivity index is 1.70. The third kappa shape index (κ3) is 4.40. The summed E-state index contributed by atoms with van der Waals surface area (Å²) in [6, 6.07) is 6.14. The lowest BCUT2D eigenvalue weighted by Gasteiger charge is -2.10. The monoisotopic (exact) mass is 408 g/mol. The maximum absolute atomic E-state index is 13.9. The smallest absolute Gasteiger partial charge is 0.266 e. The zero-order valence-electron chi connectivity index (χ0n) is 14.8. The molecule has 0 radical (unpaired) electrons. The van der Waals surface area contributed by atoms with Gasteiger partial charge in [-0.2, -0.15) is 5.10 Å². The first-order valence-electron chi connectivity index (χ1n) is 8.26. The molecule has 3 rings (SSSR count). The number of halogens is 1. The zero-order valence-corrected chi connectivity index (χ0v) is 15.6. The van der Waals surface area contributed by atoms with E-state index < -0.39 is 21.4 Å². The van der Waals surface area contributed by atoms with Gasteiger partial charge in [-0.15, -0.1) is 5.10 Å². The fraction of sp³-hybridized carbons (Fsp3) is 0.250. The summed E-state index contributed by atoms with van der Waals surface area (Å²) in [6.45, 7) is 1.81. The van der Waals surface area contributed by atoms with Crippen LogP contribution in [0.5, 0.6) is 5.75 Å². The lowest BCUT2D eigenvalue weighted by atomic mass is 10.3. The number of nitrogens with zero attached hydrogens (tertiary/aromatic N) is 5. The molecule has 0 fully saturated rings. The molecule has 0 atom stereocenters. The van der Waals surface area contributed by atoms with Crippen molar-refractivity contribution >= 4 is 10.0 Å². The van der Waals surface area contributed by atoms with Gasteiger partial charge < -0.3 is 4.74 Å². The first kappa shape index (κ1) is 19.6.